The lowest BCUT2D eigenvalue weighted by Gasteiger charge is -2.20. The maximum atomic E-state index is 13.3. The SMILES string of the molecule is Cc1cc(C)c2sc(N(CCC[NH+](C)C)C(=O)c3cccc([N+](=O)[O-])c3)nc2c1. The number of quaternary nitrogens is 1. The summed E-state index contributed by atoms with van der Waals surface area (Å²) in [5, 5.41) is 11.7. The van der Waals surface area contributed by atoms with Gasteiger partial charge in [-0.25, -0.2) is 4.98 Å². The number of amides is 1. The number of carbonyl (C=O) groups is 1. The Morgan fingerprint density at radius 1 is 1.24 bits per heavy atom. The van der Waals surface area contributed by atoms with E-state index < -0.39 is 4.92 Å². The number of fused-ring (bicyclic) bond motifs is 1. The number of carbonyl (C=O) groups excluding carboxylic acids is 1. The molecule has 0 atom stereocenters. The molecule has 1 amide bonds. The molecule has 3 rings (SSSR count). The van der Waals surface area contributed by atoms with Crippen LogP contribution in [-0.2, 0) is 0 Å². The van der Waals surface area contributed by atoms with E-state index in [9.17, 15) is 14.9 Å². The van der Waals surface area contributed by atoms with Crippen LogP contribution in [-0.4, -0.2) is 43.0 Å². The van der Waals surface area contributed by atoms with Gasteiger partial charge in [-0.05, 0) is 37.1 Å². The molecule has 3 aromatic rings. The predicted molar refractivity (Wildman–Crippen MR) is 116 cm³/mol. The van der Waals surface area contributed by atoms with Crippen molar-refractivity contribution in [2.24, 2.45) is 0 Å². The summed E-state index contributed by atoms with van der Waals surface area (Å²) in [6, 6.07) is 9.99. The highest BCUT2D eigenvalue weighted by Gasteiger charge is 2.23. The first-order chi connectivity index (χ1) is 13.8. The number of nitrogens with one attached hydrogen (secondary N) is 1. The van der Waals surface area contributed by atoms with Crippen LogP contribution in [0, 0.1) is 24.0 Å². The molecule has 0 unspecified atom stereocenters. The predicted octanol–water partition coefficient (Wildman–Crippen LogP) is 3.00. The van der Waals surface area contributed by atoms with Gasteiger partial charge in [-0.3, -0.25) is 19.8 Å². The number of aromatic nitrogens is 1. The number of aryl methyl sites for hydroxylation is 2. The van der Waals surface area contributed by atoms with Gasteiger partial charge in [0.05, 0.1) is 35.8 Å². The minimum Gasteiger partial charge on any atom is -0.340 e. The lowest BCUT2D eigenvalue weighted by molar-refractivity contribution is -0.858. The molecule has 29 heavy (non-hydrogen) atoms. The van der Waals surface area contributed by atoms with E-state index >= 15 is 0 Å². The van der Waals surface area contributed by atoms with Crippen molar-refractivity contribution >= 4 is 38.3 Å². The van der Waals surface area contributed by atoms with Crippen molar-refractivity contribution in [1.82, 2.24) is 4.98 Å². The Morgan fingerprint density at radius 2 is 2.00 bits per heavy atom. The smallest absolute Gasteiger partial charge is 0.270 e. The van der Waals surface area contributed by atoms with E-state index in [1.54, 1.807) is 17.0 Å². The van der Waals surface area contributed by atoms with E-state index in [0.29, 0.717) is 17.2 Å². The number of nitro groups is 1. The summed E-state index contributed by atoms with van der Waals surface area (Å²) in [5.41, 5.74) is 3.33. The molecule has 1 aromatic heterocycles. The number of benzene rings is 2. The first-order valence-corrected chi connectivity index (χ1v) is 10.3. The average molecular weight is 414 g/mol. The fraction of sp³-hybridized carbons (Fsp3) is 0.333. The third kappa shape index (κ3) is 4.78. The molecular formula is C21H25N4O3S+. The second-order valence-corrected chi connectivity index (χ2v) is 8.48. The van der Waals surface area contributed by atoms with Crippen molar-refractivity contribution in [2.45, 2.75) is 20.3 Å². The van der Waals surface area contributed by atoms with Crippen LogP contribution in [0.1, 0.15) is 27.9 Å². The topological polar surface area (TPSA) is 80.8 Å². The number of hydrogen-bond acceptors (Lipinski definition) is 5. The second-order valence-electron chi connectivity index (χ2n) is 7.50. The van der Waals surface area contributed by atoms with E-state index in [4.69, 9.17) is 4.98 Å². The largest absolute Gasteiger partial charge is 0.340 e. The van der Waals surface area contributed by atoms with Gasteiger partial charge in [0.1, 0.15) is 0 Å². The molecule has 0 spiro atoms. The molecule has 0 saturated carbocycles. The molecule has 0 fully saturated rings. The van der Waals surface area contributed by atoms with E-state index in [1.165, 1.54) is 28.4 Å². The number of anilines is 1. The Kier molecular flexibility index (Phi) is 6.24. The standard InChI is InChI=1S/C21H24N4O3S/c1-14-11-15(2)19-18(12-14)22-21(29-19)24(10-6-9-23(3)4)20(26)16-7-5-8-17(13-16)25(27)28/h5,7-8,11-13H,6,9-10H2,1-4H3/p+1. The van der Waals surface area contributed by atoms with Crippen LogP contribution in [0.25, 0.3) is 10.2 Å². The third-order valence-electron chi connectivity index (χ3n) is 4.65. The fourth-order valence-corrected chi connectivity index (χ4v) is 4.30. The lowest BCUT2D eigenvalue weighted by atomic mass is 10.1. The van der Waals surface area contributed by atoms with Crippen molar-refractivity contribution in [3.05, 3.63) is 63.2 Å². The van der Waals surface area contributed by atoms with Crippen molar-refractivity contribution < 1.29 is 14.6 Å². The monoisotopic (exact) mass is 413 g/mol. The molecule has 1 N–H and O–H groups in total. The normalized spacial score (nSPS) is 11.2. The summed E-state index contributed by atoms with van der Waals surface area (Å²) in [4.78, 5) is 31.6. The molecular weight excluding hydrogens is 388 g/mol. The number of non-ortho nitro benzene ring substituents is 1. The van der Waals surface area contributed by atoms with Gasteiger partial charge < -0.3 is 4.90 Å². The number of rotatable bonds is 7. The van der Waals surface area contributed by atoms with Crippen molar-refractivity contribution in [1.29, 1.82) is 0 Å². The van der Waals surface area contributed by atoms with Crippen LogP contribution < -0.4 is 9.80 Å². The summed E-state index contributed by atoms with van der Waals surface area (Å²) in [6.45, 7) is 5.48. The van der Waals surface area contributed by atoms with Crippen LogP contribution in [0.2, 0.25) is 0 Å². The Bertz CT molecular complexity index is 1060. The molecule has 0 aliphatic rings. The zero-order valence-electron chi connectivity index (χ0n) is 17.1. The zero-order valence-corrected chi connectivity index (χ0v) is 17.9. The molecule has 8 heteroatoms. The number of nitrogens with zero attached hydrogens (tertiary/aromatic N) is 3. The molecule has 0 aliphatic heterocycles. The van der Waals surface area contributed by atoms with Crippen LogP contribution >= 0.6 is 11.3 Å². The Balaban J connectivity index is 2.00. The van der Waals surface area contributed by atoms with Gasteiger partial charge >= 0.3 is 0 Å². The summed E-state index contributed by atoms with van der Waals surface area (Å²) in [5.74, 6) is -0.268. The summed E-state index contributed by atoms with van der Waals surface area (Å²) in [6.07, 6.45) is 0.803. The fourth-order valence-electron chi connectivity index (χ4n) is 3.26. The molecule has 0 bridgehead atoms. The molecule has 7 nitrogen and oxygen atoms in total. The number of nitro benzene ring substituents is 1. The van der Waals surface area contributed by atoms with Crippen molar-refractivity contribution in [3.8, 4) is 0 Å². The highest BCUT2D eigenvalue weighted by Crippen LogP contribution is 2.33. The summed E-state index contributed by atoms with van der Waals surface area (Å²) in [7, 11) is 4.13. The lowest BCUT2D eigenvalue weighted by Crippen LogP contribution is -3.05. The Morgan fingerprint density at radius 3 is 2.69 bits per heavy atom. The average Bonchev–Trinajstić information content (AvgIpc) is 3.08. The van der Waals surface area contributed by atoms with E-state index in [0.717, 1.165) is 34.3 Å². The first kappa shape index (κ1) is 20.9. The zero-order chi connectivity index (χ0) is 21.1. The van der Waals surface area contributed by atoms with Crippen LogP contribution in [0.15, 0.2) is 36.4 Å². The first-order valence-electron chi connectivity index (χ1n) is 9.49. The van der Waals surface area contributed by atoms with E-state index in [1.807, 2.05) is 19.9 Å². The summed E-state index contributed by atoms with van der Waals surface area (Å²) >= 11 is 1.49. The second kappa shape index (κ2) is 8.67. The van der Waals surface area contributed by atoms with Gasteiger partial charge in [-0.2, -0.15) is 0 Å². The van der Waals surface area contributed by atoms with Crippen molar-refractivity contribution in [2.75, 3.05) is 32.1 Å². The maximum absolute atomic E-state index is 13.3. The highest BCUT2D eigenvalue weighted by atomic mass is 32.1. The highest BCUT2D eigenvalue weighted by molar-refractivity contribution is 7.22. The van der Waals surface area contributed by atoms with Crippen molar-refractivity contribution in [3.63, 3.8) is 0 Å². The molecule has 0 radical (unpaired) electrons. The third-order valence-corrected chi connectivity index (χ3v) is 5.88. The van der Waals surface area contributed by atoms with E-state index in [-0.39, 0.29) is 11.6 Å². The molecule has 0 aliphatic carbocycles. The minimum absolute atomic E-state index is 0.0932. The van der Waals surface area contributed by atoms with Gasteiger partial charge in [-0.1, -0.05) is 23.5 Å². The maximum Gasteiger partial charge on any atom is 0.270 e. The minimum atomic E-state index is -0.486. The van der Waals surface area contributed by atoms with Gasteiger partial charge in [-0.15, -0.1) is 0 Å². The molecule has 152 valence electrons. The number of hydrogen-bond donors (Lipinski definition) is 1. The Hall–Kier alpha value is -2.84. The van der Waals surface area contributed by atoms with Gasteiger partial charge in [0.15, 0.2) is 5.13 Å². The molecule has 0 saturated heterocycles. The van der Waals surface area contributed by atoms with Gasteiger partial charge in [0.25, 0.3) is 11.6 Å². The van der Waals surface area contributed by atoms with E-state index in [2.05, 4.69) is 20.2 Å². The van der Waals surface area contributed by atoms with Crippen LogP contribution in [0.4, 0.5) is 10.8 Å². The van der Waals surface area contributed by atoms with Gasteiger partial charge in [0.2, 0.25) is 0 Å². The summed E-state index contributed by atoms with van der Waals surface area (Å²) < 4.78 is 1.06. The van der Waals surface area contributed by atoms with Crippen LogP contribution in [0.5, 0.6) is 0 Å². The van der Waals surface area contributed by atoms with Gasteiger partial charge in [0, 0.05) is 30.7 Å². The number of thiazole rings is 1. The molecule has 2 aromatic carbocycles. The Labute approximate surface area is 173 Å². The van der Waals surface area contributed by atoms with Crippen LogP contribution in [0.3, 0.4) is 0 Å². The molecule has 1 heterocycles. The quantitative estimate of drug-likeness (QED) is 0.477.